The lowest BCUT2D eigenvalue weighted by molar-refractivity contribution is 0.0527. The third-order valence-corrected chi connectivity index (χ3v) is 4.78. The van der Waals surface area contributed by atoms with Crippen molar-refractivity contribution >= 4 is 52.9 Å². The van der Waals surface area contributed by atoms with E-state index in [2.05, 4.69) is 15.8 Å². The van der Waals surface area contributed by atoms with E-state index in [4.69, 9.17) is 37.1 Å². The van der Waals surface area contributed by atoms with Crippen molar-refractivity contribution in [3.63, 3.8) is 0 Å². The molecule has 0 radical (unpaired) electrons. The number of amides is 1. The van der Waals surface area contributed by atoms with Gasteiger partial charge in [-0.15, -0.1) is 0 Å². The molecule has 0 bridgehead atoms. The van der Waals surface area contributed by atoms with E-state index in [0.29, 0.717) is 22.0 Å². The van der Waals surface area contributed by atoms with E-state index in [1.165, 1.54) is 13.3 Å². The lowest BCUT2D eigenvalue weighted by atomic mass is 10.2. The molecule has 0 spiro atoms. The van der Waals surface area contributed by atoms with Crippen molar-refractivity contribution in [1.82, 2.24) is 5.43 Å². The first-order chi connectivity index (χ1) is 15.4. The summed E-state index contributed by atoms with van der Waals surface area (Å²) in [5.41, 5.74) is 3.37. The number of benzene rings is 2. The zero-order valence-corrected chi connectivity index (χ0v) is 18.7. The van der Waals surface area contributed by atoms with Crippen LogP contribution in [0.2, 0.25) is 10.0 Å². The van der Waals surface area contributed by atoms with Gasteiger partial charge < -0.3 is 19.2 Å². The topological polar surface area (TPSA) is 102 Å². The number of esters is 1. The monoisotopic (exact) mass is 475 g/mol. The number of rotatable bonds is 8. The van der Waals surface area contributed by atoms with Crippen LogP contribution in [0, 0.1) is 0 Å². The molecule has 0 fully saturated rings. The number of nitrogens with zero attached hydrogens (tertiary/aromatic N) is 1. The molecule has 1 aromatic heterocycles. The quantitative estimate of drug-likeness (QED) is 0.261. The molecule has 0 saturated carbocycles. The SMILES string of the molecule is CCOC(=O)c1c(Nc2ccc(Cl)cc2)oc(/C=N\NC(=O)c2ccc(OC)cc2)c1Cl. The van der Waals surface area contributed by atoms with E-state index in [1.54, 1.807) is 55.5 Å². The summed E-state index contributed by atoms with van der Waals surface area (Å²) in [6.07, 6.45) is 1.19. The molecular weight excluding hydrogens is 457 g/mol. The van der Waals surface area contributed by atoms with Crippen LogP contribution in [-0.2, 0) is 4.74 Å². The largest absolute Gasteiger partial charge is 0.497 e. The number of hydrazone groups is 1. The standard InChI is InChI=1S/C22H19Cl2N3O5/c1-3-31-22(29)18-19(24)17(32-21(18)26-15-8-6-14(23)7-9-15)12-25-27-20(28)13-4-10-16(30-2)11-5-13/h4-12,26H,3H2,1-2H3,(H,27,28)/b25-12-. The van der Waals surface area contributed by atoms with Crippen molar-refractivity contribution < 1.29 is 23.5 Å². The van der Waals surface area contributed by atoms with Gasteiger partial charge in [-0.2, -0.15) is 5.10 Å². The lowest BCUT2D eigenvalue weighted by Gasteiger charge is -2.06. The van der Waals surface area contributed by atoms with Crippen LogP contribution in [0.15, 0.2) is 58.0 Å². The molecule has 2 N–H and O–H groups in total. The maximum atomic E-state index is 12.4. The molecule has 3 rings (SSSR count). The summed E-state index contributed by atoms with van der Waals surface area (Å²) < 4.78 is 15.8. The average Bonchev–Trinajstić information content (AvgIpc) is 3.10. The summed E-state index contributed by atoms with van der Waals surface area (Å²) in [5, 5.41) is 7.38. The van der Waals surface area contributed by atoms with Gasteiger partial charge in [-0.1, -0.05) is 23.2 Å². The van der Waals surface area contributed by atoms with E-state index in [9.17, 15) is 9.59 Å². The van der Waals surface area contributed by atoms with E-state index < -0.39 is 11.9 Å². The van der Waals surface area contributed by atoms with Crippen molar-refractivity contribution in [2.75, 3.05) is 19.0 Å². The fraction of sp³-hybridized carbons (Fsp3) is 0.136. The molecule has 10 heteroatoms. The van der Waals surface area contributed by atoms with Gasteiger partial charge in [-0.3, -0.25) is 4.79 Å². The summed E-state index contributed by atoms with van der Waals surface area (Å²) in [4.78, 5) is 24.6. The first-order valence-electron chi connectivity index (χ1n) is 9.42. The molecule has 2 aromatic carbocycles. The predicted octanol–water partition coefficient (Wildman–Crippen LogP) is 5.28. The average molecular weight is 476 g/mol. The molecule has 0 aliphatic heterocycles. The number of hydrogen-bond donors (Lipinski definition) is 2. The smallest absolute Gasteiger partial charge is 0.345 e. The Morgan fingerprint density at radius 1 is 1.09 bits per heavy atom. The normalized spacial score (nSPS) is 10.8. The summed E-state index contributed by atoms with van der Waals surface area (Å²) in [7, 11) is 1.53. The van der Waals surface area contributed by atoms with E-state index in [1.807, 2.05) is 0 Å². The number of carbonyl (C=O) groups is 2. The minimum absolute atomic E-state index is 0.00592. The van der Waals surface area contributed by atoms with Gasteiger partial charge in [-0.05, 0) is 55.5 Å². The van der Waals surface area contributed by atoms with E-state index in [-0.39, 0.29) is 28.8 Å². The van der Waals surface area contributed by atoms with Gasteiger partial charge in [0.25, 0.3) is 5.91 Å². The van der Waals surface area contributed by atoms with Crippen molar-refractivity contribution in [3.05, 3.63) is 75.5 Å². The Bertz CT molecular complexity index is 1130. The maximum absolute atomic E-state index is 12.4. The van der Waals surface area contributed by atoms with Gasteiger partial charge in [0, 0.05) is 16.3 Å². The van der Waals surface area contributed by atoms with Crippen LogP contribution < -0.4 is 15.5 Å². The highest BCUT2D eigenvalue weighted by Gasteiger charge is 2.25. The van der Waals surface area contributed by atoms with Crippen LogP contribution in [0.3, 0.4) is 0 Å². The Balaban J connectivity index is 1.81. The number of carbonyl (C=O) groups excluding carboxylic acids is 2. The van der Waals surface area contributed by atoms with E-state index >= 15 is 0 Å². The second kappa shape index (κ2) is 10.7. The van der Waals surface area contributed by atoms with Gasteiger partial charge in [0.05, 0.1) is 19.9 Å². The molecule has 0 aliphatic rings. The number of hydrogen-bond acceptors (Lipinski definition) is 7. The van der Waals surface area contributed by atoms with Crippen LogP contribution in [0.25, 0.3) is 0 Å². The number of ether oxygens (including phenoxy) is 2. The second-order valence-electron chi connectivity index (χ2n) is 6.26. The number of nitrogens with one attached hydrogen (secondary N) is 2. The minimum atomic E-state index is -0.667. The van der Waals surface area contributed by atoms with Crippen molar-refractivity contribution in [3.8, 4) is 5.75 Å². The molecule has 0 saturated heterocycles. The highest BCUT2D eigenvalue weighted by atomic mass is 35.5. The highest BCUT2D eigenvalue weighted by molar-refractivity contribution is 6.36. The first-order valence-corrected chi connectivity index (χ1v) is 10.2. The Kier molecular flexibility index (Phi) is 7.75. The maximum Gasteiger partial charge on any atom is 0.345 e. The van der Waals surface area contributed by atoms with Crippen molar-refractivity contribution in [2.45, 2.75) is 6.92 Å². The Labute approximate surface area is 194 Å². The molecular formula is C22H19Cl2N3O5. The summed E-state index contributed by atoms with van der Waals surface area (Å²) in [6, 6.07) is 13.3. The molecule has 8 nitrogen and oxygen atoms in total. The predicted molar refractivity (Wildman–Crippen MR) is 122 cm³/mol. The summed E-state index contributed by atoms with van der Waals surface area (Å²) in [6.45, 7) is 1.83. The molecule has 0 atom stereocenters. The van der Waals surface area contributed by atoms with Crippen LogP contribution in [0.1, 0.15) is 33.4 Å². The Morgan fingerprint density at radius 3 is 2.41 bits per heavy atom. The number of methoxy groups -OCH3 is 1. The van der Waals surface area contributed by atoms with Crippen molar-refractivity contribution in [2.24, 2.45) is 5.10 Å². The second-order valence-corrected chi connectivity index (χ2v) is 7.08. The molecule has 32 heavy (non-hydrogen) atoms. The Hall–Kier alpha value is -3.49. The first kappa shape index (κ1) is 23.2. The van der Waals surface area contributed by atoms with Crippen LogP contribution in [0.5, 0.6) is 5.75 Å². The highest BCUT2D eigenvalue weighted by Crippen LogP contribution is 2.34. The third-order valence-electron chi connectivity index (χ3n) is 4.16. The molecule has 166 valence electrons. The summed E-state index contributed by atoms with van der Waals surface area (Å²) >= 11 is 12.2. The molecule has 3 aromatic rings. The number of anilines is 2. The summed E-state index contributed by atoms with van der Waals surface area (Å²) in [5.74, 6) is -0.365. The fourth-order valence-electron chi connectivity index (χ4n) is 2.61. The van der Waals surface area contributed by atoms with Gasteiger partial charge in [-0.25, -0.2) is 10.2 Å². The molecule has 1 heterocycles. The zero-order chi connectivity index (χ0) is 23.1. The number of furan rings is 1. The molecule has 0 aliphatic carbocycles. The van der Waals surface area contributed by atoms with Gasteiger partial charge in [0.15, 0.2) is 5.76 Å². The molecule has 0 unspecified atom stereocenters. The molecule has 1 amide bonds. The van der Waals surface area contributed by atoms with Crippen LogP contribution in [-0.4, -0.2) is 31.8 Å². The van der Waals surface area contributed by atoms with Gasteiger partial charge >= 0.3 is 5.97 Å². The zero-order valence-electron chi connectivity index (χ0n) is 17.1. The van der Waals surface area contributed by atoms with Crippen molar-refractivity contribution in [1.29, 1.82) is 0 Å². The fourth-order valence-corrected chi connectivity index (χ4v) is 2.98. The minimum Gasteiger partial charge on any atom is -0.497 e. The van der Waals surface area contributed by atoms with Crippen LogP contribution >= 0.6 is 23.2 Å². The van der Waals surface area contributed by atoms with E-state index in [0.717, 1.165) is 0 Å². The van der Waals surface area contributed by atoms with Gasteiger partial charge in [0.2, 0.25) is 5.88 Å². The Morgan fingerprint density at radius 2 is 1.78 bits per heavy atom. The lowest BCUT2D eigenvalue weighted by Crippen LogP contribution is -2.17. The third kappa shape index (κ3) is 5.60. The van der Waals surface area contributed by atoms with Crippen LogP contribution in [0.4, 0.5) is 11.6 Å². The number of halogens is 2. The van der Waals surface area contributed by atoms with Gasteiger partial charge in [0.1, 0.15) is 16.3 Å².